The largest absolute Gasteiger partial charge is 0.396 e. The molecule has 3 N–H and O–H groups in total. The van der Waals surface area contributed by atoms with Crippen molar-refractivity contribution in [2.45, 2.75) is 43.8 Å². The van der Waals surface area contributed by atoms with Crippen LogP contribution in [0.2, 0.25) is 0 Å². The van der Waals surface area contributed by atoms with Gasteiger partial charge in [0.05, 0.1) is 0 Å². The van der Waals surface area contributed by atoms with Gasteiger partial charge in [-0.1, -0.05) is 25.1 Å². The van der Waals surface area contributed by atoms with Crippen molar-refractivity contribution >= 4 is 23.4 Å². The minimum Gasteiger partial charge on any atom is -0.396 e. The van der Waals surface area contributed by atoms with E-state index in [1.807, 2.05) is 12.3 Å². The number of aromatic nitrogens is 2. The first-order chi connectivity index (χ1) is 9.76. The molecule has 1 aliphatic rings. The normalized spacial score (nSPS) is 21.9. The van der Waals surface area contributed by atoms with Crippen molar-refractivity contribution in [2.75, 3.05) is 30.0 Å². The number of nitrogens with zero attached hydrogens (tertiary/aromatic N) is 2. The number of thioether (sulfide) groups is 1. The number of aliphatic hydroxyl groups excluding tert-OH is 1. The Labute approximate surface area is 125 Å². The number of anilines is 2. The molecular weight excluding hydrogens is 272 g/mol. The molecule has 20 heavy (non-hydrogen) atoms. The van der Waals surface area contributed by atoms with E-state index in [0.29, 0.717) is 12.0 Å². The molecule has 0 saturated heterocycles. The van der Waals surface area contributed by atoms with Crippen LogP contribution >= 0.6 is 11.8 Å². The molecule has 0 aromatic carbocycles. The molecule has 0 amide bonds. The summed E-state index contributed by atoms with van der Waals surface area (Å²) < 4.78 is 0. The highest BCUT2D eigenvalue weighted by Crippen LogP contribution is 2.28. The molecule has 2 rings (SSSR count). The predicted molar refractivity (Wildman–Crippen MR) is 84.4 cm³/mol. The Balaban J connectivity index is 2.09. The summed E-state index contributed by atoms with van der Waals surface area (Å²) in [6.45, 7) is 3.29. The lowest BCUT2D eigenvalue weighted by Gasteiger charge is -2.20. The Kier molecular flexibility index (Phi) is 5.91. The molecule has 5 nitrogen and oxygen atoms in total. The zero-order valence-corrected chi connectivity index (χ0v) is 13.0. The molecule has 2 unspecified atom stereocenters. The zero-order chi connectivity index (χ0) is 14.4. The molecular formula is C14H24N4OS. The van der Waals surface area contributed by atoms with Crippen LogP contribution in [-0.4, -0.2) is 40.5 Å². The predicted octanol–water partition coefficient (Wildman–Crippen LogP) is 2.59. The average molecular weight is 296 g/mol. The molecule has 1 fully saturated rings. The Bertz CT molecular complexity index is 430. The van der Waals surface area contributed by atoms with Gasteiger partial charge in [0.1, 0.15) is 11.6 Å². The summed E-state index contributed by atoms with van der Waals surface area (Å²) in [7, 11) is 0. The van der Waals surface area contributed by atoms with E-state index in [9.17, 15) is 5.11 Å². The van der Waals surface area contributed by atoms with Crippen LogP contribution in [0.15, 0.2) is 11.2 Å². The van der Waals surface area contributed by atoms with Gasteiger partial charge in [-0.3, -0.25) is 0 Å². The topological polar surface area (TPSA) is 70.1 Å². The number of nitrogens with one attached hydrogen (secondary N) is 2. The highest BCUT2D eigenvalue weighted by molar-refractivity contribution is 7.98. The molecule has 0 spiro atoms. The summed E-state index contributed by atoms with van der Waals surface area (Å²) in [5.74, 6) is 2.07. The first-order valence-corrected chi connectivity index (χ1v) is 8.53. The summed E-state index contributed by atoms with van der Waals surface area (Å²) in [6, 6.07) is 2.28. The smallest absolute Gasteiger partial charge is 0.191 e. The summed E-state index contributed by atoms with van der Waals surface area (Å²) in [6.07, 6.45) is 6.41. The van der Waals surface area contributed by atoms with E-state index in [0.717, 1.165) is 42.6 Å². The van der Waals surface area contributed by atoms with Crippen LogP contribution < -0.4 is 10.6 Å². The van der Waals surface area contributed by atoms with Crippen molar-refractivity contribution in [3.05, 3.63) is 6.07 Å². The van der Waals surface area contributed by atoms with Crippen LogP contribution in [0, 0.1) is 5.92 Å². The maximum absolute atomic E-state index is 9.40. The van der Waals surface area contributed by atoms with E-state index in [2.05, 4.69) is 27.5 Å². The molecule has 0 radical (unpaired) electrons. The van der Waals surface area contributed by atoms with Crippen molar-refractivity contribution in [1.82, 2.24) is 9.97 Å². The Morgan fingerprint density at radius 3 is 2.85 bits per heavy atom. The van der Waals surface area contributed by atoms with E-state index in [1.54, 1.807) is 11.8 Å². The maximum atomic E-state index is 9.40. The maximum Gasteiger partial charge on any atom is 0.191 e. The third-order valence-corrected chi connectivity index (χ3v) is 4.22. The molecule has 6 heteroatoms. The fourth-order valence-corrected chi connectivity index (χ4v) is 2.95. The third-order valence-electron chi connectivity index (χ3n) is 3.67. The minimum absolute atomic E-state index is 0.249. The van der Waals surface area contributed by atoms with Crippen LogP contribution in [0.25, 0.3) is 0 Å². The summed E-state index contributed by atoms with van der Waals surface area (Å²) in [5, 5.41) is 16.9. The van der Waals surface area contributed by atoms with Gasteiger partial charge in [-0.2, -0.15) is 0 Å². The second kappa shape index (κ2) is 7.69. The second-order valence-electron chi connectivity index (χ2n) is 5.18. The lowest BCUT2D eigenvalue weighted by atomic mass is 10.1. The average Bonchev–Trinajstić information content (AvgIpc) is 2.92. The van der Waals surface area contributed by atoms with Gasteiger partial charge in [0.15, 0.2) is 5.16 Å². The summed E-state index contributed by atoms with van der Waals surface area (Å²) in [5.41, 5.74) is 0. The lowest BCUT2D eigenvalue weighted by molar-refractivity contribution is 0.222. The minimum atomic E-state index is 0.249. The quantitative estimate of drug-likeness (QED) is 0.531. The number of rotatable bonds is 7. The van der Waals surface area contributed by atoms with E-state index < -0.39 is 0 Å². The van der Waals surface area contributed by atoms with Gasteiger partial charge in [0.2, 0.25) is 0 Å². The number of aliphatic hydroxyl groups is 1. The Morgan fingerprint density at radius 1 is 1.35 bits per heavy atom. The van der Waals surface area contributed by atoms with Gasteiger partial charge in [-0.25, -0.2) is 9.97 Å². The van der Waals surface area contributed by atoms with Gasteiger partial charge in [-0.15, -0.1) is 0 Å². The standard InChI is InChI=1S/C14H24N4OS/c1-3-7-15-12-8-13(18-14(17-12)20-2)16-11-6-4-5-10(11)9-19/h8,10-11,19H,3-7,9H2,1-2H3,(H2,15,16,17,18). The first-order valence-electron chi connectivity index (χ1n) is 7.31. The fourth-order valence-electron chi connectivity index (χ4n) is 2.57. The van der Waals surface area contributed by atoms with Gasteiger partial charge < -0.3 is 15.7 Å². The van der Waals surface area contributed by atoms with E-state index >= 15 is 0 Å². The van der Waals surface area contributed by atoms with Crippen molar-refractivity contribution in [2.24, 2.45) is 5.92 Å². The van der Waals surface area contributed by atoms with Crippen molar-refractivity contribution in [3.8, 4) is 0 Å². The third kappa shape index (κ3) is 3.99. The van der Waals surface area contributed by atoms with Crippen LogP contribution in [-0.2, 0) is 0 Å². The van der Waals surface area contributed by atoms with Crippen molar-refractivity contribution in [1.29, 1.82) is 0 Å². The van der Waals surface area contributed by atoms with Crippen LogP contribution in [0.1, 0.15) is 32.6 Å². The molecule has 1 aliphatic carbocycles. The SMILES string of the molecule is CCCNc1cc(NC2CCCC2CO)nc(SC)n1. The number of hydrogen-bond acceptors (Lipinski definition) is 6. The summed E-state index contributed by atoms with van der Waals surface area (Å²) >= 11 is 1.54. The Hall–Kier alpha value is -1.01. The van der Waals surface area contributed by atoms with Crippen LogP contribution in [0.5, 0.6) is 0 Å². The highest BCUT2D eigenvalue weighted by Gasteiger charge is 2.26. The van der Waals surface area contributed by atoms with Gasteiger partial charge >= 0.3 is 0 Å². The molecule has 0 aliphatic heterocycles. The first kappa shape index (κ1) is 15.4. The van der Waals surface area contributed by atoms with Gasteiger partial charge in [0.25, 0.3) is 0 Å². The molecule has 112 valence electrons. The zero-order valence-electron chi connectivity index (χ0n) is 12.2. The van der Waals surface area contributed by atoms with Crippen LogP contribution in [0.4, 0.5) is 11.6 Å². The Morgan fingerprint density at radius 2 is 2.15 bits per heavy atom. The van der Waals surface area contributed by atoms with E-state index in [1.165, 1.54) is 6.42 Å². The molecule has 1 saturated carbocycles. The molecule has 1 aromatic rings. The van der Waals surface area contributed by atoms with E-state index in [-0.39, 0.29) is 6.61 Å². The molecule has 1 heterocycles. The monoisotopic (exact) mass is 296 g/mol. The van der Waals surface area contributed by atoms with Crippen molar-refractivity contribution in [3.63, 3.8) is 0 Å². The van der Waals surface area contributed by atoms with E-state index in [4.69, 9.17) is 0 Å². The van der Waals surface area contributed by atoms with Gasteiger partial charge in [0, 0.05) is 31.2 Å². The molecule has 2 atom stereocenters. The van der Waals surface area contributed by atoms with Crippen molar-refractivity contribution < 1.29 is 5.11 Å². The lowest BCUT2D eigenvalue weighted by Crippen LogP contribution is -2.27. The molecule has 0 bridgehead atoms. The molecule has 1 aromatic heterocycles. The highest BCUT2D eigenvalue weighted by atomic mass is 32.2. The van der Waals surface area contributed by atoms with Crippen LogP contribution in [0.3, 0.4) is 0 Å². The number of hydrogen-bond donors (Lipinski definition) is 3. The van der Waals surface area contributed by atoms with Gasteiger partial charge in [-0.05, 0) is 25.5 Å². The summed E-state index contributed by atoms with van der Waals surface area (Å²) in [4.78, 5) is 8.97. The second-order valence-corrected chi connectivity index (χ2v) is 5.95. The fraction of sp³-hybridized carbons (Fsp3) is 0.714.